The van der Waals surface area contributed by atoms with Crippen LogP contribution in [-0.2, 0) is 22.4 Å². The van der Waals surface area contributed by atoms with Gasteiger partial charge in [-0.2, -0.15) is 0 Å². The minimum atomic E-state index is 0.0368. The molecule has 0 bridgehead atoms. The summed E-state index contributed by atoms with van der Waals surface area (Å²) in [4.78, 5) is 33.1. The number of piperazine rings is 1. The van der Waals surface area contributed by atoms with E-state index < -0.39 is 0 Å². The Balaban J connectivity index is 1.24. The Bertz CT molecular complexity index is 1030. The van der Waals surface area contributed by atoms with Gasteiger partial charge in [0.1, 0.15) is 5.76 Å². The Hall–Kier alpha value is -3.42. The second-order valence-corrected chi connectivity index (χ2v) is 7.73. The normalized spacial score (nSPS) is 14.1. The summed E-state index contributed by atoms with van der Waals surface area (Å²) in [5, 5.41) is 3.90. The van der Waals surface area contributed by atoms with Crippen molar-refractivity contribution in [1.29, 1.82) is 0 Å². The Labute approximate surface area is 180 Å². The van der Waals surface area contributed by atoms with E-state index in [2.05, 4.69) is 10.1 Å². The topological polar surface area (TPSA) is 92.7 Å². The smallest absolute Gasteiger partial charge is 0.227 e. The lowest BCUT2D eigenvalue weighted by atomic mass is 10.1. The molecule has 8 heteroatoms. The summed E-state index contributed by atoms with van der Waals surface area (Å²) in [7, 11) is 0. The molecule has 0 unspecified atom stereocenters. The van der Waals surface area contributed by atoms with Gasteiger partial charge in [-0.05, 0) is 13.8 Å². The first kappa shape index (κ1) is 20.8. The summed E-state index contributed by atoms with van der Waals surface area (Å²) < 4.78 is 10.9. The summed E-state index contributed by atoms with van der Waals surface area (Å²) in [5.74, 6) is 2.03. The van der Waals surface area contributed by atoms with Crippen molar-refractivity contribution in [1.82, 2.24) is 19.9 Å². The second-order valence-electron chi connectivity index (χ2n) is 7.73. The first-order chi connectivity index (χ1) is 15.0. The van der Waals surface area contributed by atoms with Crippen LogP contribution < -0.4 is 0 Å². The highest BCUT2D eigenvalue weighted by Gasteiger charge is 2.25. The van der Waals surface area contributed by atoms with Crippen LogP contribution in [0.2, 0.25) is 0 Å². The standard InChI is InChI=1S/C23H26N4O4/c1-16-19(17(2)31-25-16)14-23(29)27-12-10-26(11-13-27)22(28)9-8-21-24-15-20(30-21)18-6-4-3-5-7-18/h3-7,15H,8-14H2,1-2H3. The highest BCUT2D eigenvalue weighted by Crippen LogP contribution is 2.20. The first-order valence-corrected chi connectivity index (χ1v) is 10.5. The Morgan fingerprint density at radius 3 is 2.32 bits per heavy atom. The van der Waals surface area contributed by atoms with Gasteiger partial charge in [0.05, 0.1) is 18.3 Å². The molecule has 0 N–H and O–H groups in total. The van der Waals surface area contributed by atoms with E-state index in [-0.39, 0.29) is 18.2 Å². The molecule has 162 valence electrons. The molecule has 3 aromatic rings. The third-order valence-corrected chi connectivity index (χ3v) is 5.66. The number of aryl methyl sites for hydroxylation is 3. The van der Waals surface area contributed by atoms with E-state index in [1.54, 1.807) is 16.0 Å². The summed E-state index contributed by atoms with van der Waals surface area (Å²) in [5.41, 5.74) is 2.57. The van der Waals surface area contributed by atoms with Gasteiger partial charge in [0.25, 0.3) is 0 Å². The quantitative estimate of drug-likeness (QED) is 0.607. The zero-order chi connectivity index (χ0) is 21.8. The van der Waals surface area contributed by atoms with Gasteiger partial charge in [-0.15, -0.1) is 0 Å². The zero-order valence-corrected chi connectivity index (χ0v) is 17.8. The highest BCUT2D eigenvalue weighted by atomic mass is 16.5. The molecule has 0 atom stereocenters. The molecule has 31 heavy (non-hydrogen) atoms. The Kier molecular flexibility index (Phi) is 6.16. The molecule has 2 amide bonds. The molecule has 1 fully saturated rings. The lowest BCUT2D eigenvalue weighted by Crippen LogP contribution is -2.51. The van der Waals surface area contributed by atoms with Gasteiger partial charge >= 0.3 is 0 Å². The van der Waals surface area contributed by atoms with Gasteiger partial charge in [0.15, 0.2) is 11.7 Å². The number of hydrogen-bond donors (Lipinski definition) is 0. The molecule has 0 aliphatic carbocycles. The van der Waals surface area contributed by atoms with Gasteiger partial charge in [0.2, 0.25) is 11.8 Å². The molecule has 1 aromatic carbocycles. The molecule has 0 radical (unpaired) electrons. The third kappa shape index (κ3) is 4.84. The van der Waals surface area contributed by atoms with Crippen molar-refractivity contribution in [2.75, 3.05) is 26.2 Å². The molecule has 1 aliphatic heterocycles. The molecule has 0 saturated carbocycles. The van der Waals surface area contributed by atoms with Crippen LogP contribution in [0.25, 0.3) is 11.3 Å². The maximum absolute atomic E-state index is 12.6. The summed E-state index contributed by atoms with van der Waals surface area (Å²) in [6.07, 6.45) is 2.76. The van der Waals surface area contributed by atoms with Crippen LogP contribution >= 0.6 is 0 Å². The minimum absolute atomic E-state index is 0.0368. The molecule has 4 rings (SSSR count). The van der Waals surface area contributed by atoms with Crippen LogP contribution in [0, 0.1) is 13.8 Å². The lowest BCUT2D eigenvalue weighted by molar-refractivity contribution is -0.139. The molecular weight excluding hydrogens is 396 g/mol. The number of benzene rings is 1. The molecule has 2 aromatic heterocycles. The predicted octanol–water partition coefficient (Wildman–Crippen LogP) is 2.79. The number of oxazole rings is 1. The van der Waals surface area contributed by atoms with Crippen LogP contribution in [-0.4, -0.2) is 57.9 Å². The molecule has 1 aliphatic rings. The van der Waals surface area contributed by atoms with E-state index in [0.717, 1.165) is 16.8 Å². The average Bonchev–Trinajstić information content (AvgIpc) is 3.40. The fourth-order valence-electron chi connectivity index (χ4n) is 3.76. The fourth-order valence-corrected chi connectivity index (χ4v) is 3.76. The zero-order valence-electron chi connectivity index (χ0n) is 17.8. The second kappa shape index (κ2) is 9.16. The van der Waals surface area contributed by atoms with Crippen LogP contribution in [0.4, 0.5) is 0 Å². The maximum Gasteiger partial charge on any atom is 0.227 e. The minimum Gasteiger partial charge on any atom is -0.441 e. The maximum atomic E-state index is 12.6. The average molecular weight is 422 g/mol. The molecule has 3 heterocycles. The van der Waals surface area contributed by atoms with Gasteiger partial charge < -0.3 is 18.7 Å². The van der Waals surface area contributed by atoms with Crippen LogP contribution in [0.1, 0.15) is 29.3 Å². The third-order valence-electron chi connectivity index (χ3n) is 5.66. The lowest BCUT2D eigenvalue weighted by Gasteiger charge is -2.34. The van der Waals surface area contributed by atoms with E-state index in [1.807, 2.05) is 44.2 Å². The molecule has 8 nitrogen and oxygen atoms in total. The molecule has 1 saturated heterocycles. The van der Waals surface area contributed by atoms with Crippen molar-refractivity contribution in [2.45, 2.75) is 33.1 Å². The molecule has 0 spiro atoms. The van der Waals surface area contributed by atoms with Gasteiger partial charge in [0, 0.05) is 50.1 Å². The molecular formula is C23H26N4O4. The van der Waals surface area contributed by atoms with Crippen molar-refractivity contribution < 1.29 is 18.5 Å². The monoisotopic (exact) mass is 422 g/mol. The number of rotatable bonds is 6. The Morgan fingerprint density at radius 1 is 1.00 bits per heavy atom. The number of aromatic nitrogens is 2. The van der Waals surface area contributed by atoms with Crippen LogP contribution in [0.5, 0.6) is 0 Å². The Morgan fingerprint density at radius 2 is 1.68 bits per heavy atom. The number of hydrogen-bond acceptors (Lipinski definition) is 6. The van der Waals surface area contributed by atoms with Crippen molar-refractivity contribution in [2.24, 2.45) is 0 Å². The van der Waals surface area contributed by atoms with Gasteiger partial charge in [-0.25, -0.2) is 4.98 Å². The SMILES string of the molecule is Cc1noc(C)c1CC(=O)N1CCN(C(=O)CCc2ncc(-c3ccccc3)o2)CC1. The van der Waals surface area contributed by atoms with Gasteiger partial charge in [-0.3, -0.25) is 9.59 Å². The first-order valence-electron chi connectivity index (χ1n) is 10.5. The van der Waals surface area contributed by atoms with Crippen molar-refractivity contribution in [3.05, 3.63) is 59.4 Å². The number of nitrogens with zero attached hydrogens (tertiary/aromatic N) is 4. The summed E-state index contributed by atoms with van der Waals surface area (Å²) in [6, 6.07) is 9.76. The number of carbonyl (C=O) groups excluding carboxylic acids is 2. The highest BCUT2D eigenvalue weighted by molar-refractivity contribution is 5.80. The largest absolute Gasteiger partial charge is 0.441 e. The van der Waals surface area contributed by atoms with E-state index in [9.17, 15) is 9.59 Å². The predicted molar refractivity (Wildman–Crippen MR) is 113 cm³/mol. The van der Waals surface area contributed by atoms with Crippen molar-refractivity contribution >= 4 is 11.8 Å². The number of carbonyl (C=O) groups is 2. The van der Waals surface area contributed by atoms with Crippen LogP contribution in [0.3, 0.4) is 0 Å². The van der Waals surface area contributed by atoms with E-state index >= 15 is 0 Å². The van der Waals surface area contributed by atoms with E-state index in [1.165, 1.54) is 0 Å². The summed E-state index contributed by atoms with van der Waals surface area (Å²) in [6.45, 7) is 5.79. The van der Waals surface area contributed by atoms with Crippen molar-refractivity contribution in [3.63, 3.8) is 0 Å². The summed E-state index contributed by atoms with van der Waals surface area (Å²) >= 11 is 0. The van der Waals surface area contributed by atoms with Crippen molar-refractivity contribution in [3.8, 4) is 11.3 Å². The van der Waals surface area contributed by atoms with Gasteiger partial charge in [-0.1, -0.05) is 35.5 Å². The fraction of sp³-hybridized carbons (Fsp3) is 0.391. The van der Waals surface area contributed by atoms with E-state index in [4.69, 9.17) is 8.94 Å². The van der Waals surface area contributed by atoms with Crippen LogP contribution in [0.15, 0.2) is 45.5 Å². The number of amides is 2. The van der Waals surface area contributed by atoms with E-state index in [0.29, 0.717) is 56.4 Å².